The molecule has 0 unspecified atom stereocenters. The summed E-state index contributed by atoms with van der Waals surface area (Å²) in [5, 5.41) is 0.418. The summed E-state index contributed by atoms with van der Waals surface area (Å²) >= 11 is 9.93. The zero-order valence-corrected chi connectivity index (χ0v) is 9.14. The van der Waals surface area contributed by atoms with E-state index in [-0.39, 0.29) is 6.61 Å². The van der Waals surface area contributed by atoms with Gasteiger partial charge in [-0.3, -0.25) is 0 Å². The average Bonchev–Trinajstić information content (AvgIpc) is 2.16. The molecule has 76 valence electrons. The molecule has 0 atom stereocenters. The summed E-state index contributed by atoms with van der Waals surface area (Å²) in [6.07, 6.45) is 0. The number of esters is 1. The summed E-state index contributed by atoms with van der Waals surface area (Å²) in [6, 6.07) is 5.01. The normalized spacial score (nSPS) is 9.64. The quantitative estimate of drug-likeness (QED) is 0.641. The largest absolute Gasteiger partial charge is 0.480 e. The highest BCUT2D eigenvalue weighted by Gasteiger charge is 2.05. The van der Waals surface area contributed by atoms with Gasteiger partial charge in [-0.2, -0.15) is 0 Å². The predicted molar refractivity (Wildman–Crippen MR) is 56.2 cm³/mol. The fraction of sp³-hybridized carbons (Fsp3) is 0.222. The van der Waals surface area contributed by atoms with Crippen LogP contribution in [0.25, 0.3) is 0 Å². The number of halogens is 1. The monoisotopic (exact) mass is 232 g/mol. The van der Waals surface area contributed by atoms with Crippen molar-refractivity contribution >= 4 is 30.2 Å². The third kappa shape index (κ3) is 3.12. The molecule has 0 bridgehead atoms. The minimum Gasteiger partial charge on any atom is -0.480 e. The number of rotatable bonds is 3. The number of hydrogen-bond donors (Lipinski definition) is 1. The van der Waals surface area contributed by atoms with Gasteiger partial charge in [-0.15, -0.1) is 12.6 Å². The smallest absolute Gasteiger partial charge is 0.343 e. The fourth-order valence-corrected chi connectivity index (χ4v) is 1.32. The van der Waals surface area contributed by atoms with Crippen LogP contribution < -0.4 is 4.74 Å². The summed E-state index contributed by atoms with van der Waals surface area (Å²) in [7, 11) is 1.30. The van der Waals surface area contributed by atoms with Gasteiger partial charge in [-0.25, -0.2) is 4.79 Å². The van der Waals surface area contributed by atoms with Crippen LogP contribution in [0.4, 0.5) is 0 Å². The van der Waals surface area contributed by atoms with Gasteiger partial charge in [0.1, 0.15) is 5.75 Å². The highest BCUT2D eigenvalue weighted by atomic mass is 35.5. The lowest BCUT2D eigenvalue weighted by Crippen LogP contribution is -2.12. The molecule has 5 heteroatoms. The number of benzene rings is 1. The number of ether oxygens (including phenoxy) is 2. The second kappa shape index (κ2) is 5.12. The molecular formula is C9H9ClO3S. The van der Waals surface area contributed by atoms with Crippen LogP contribution in [0.3, 0.4) is 0 Å². The van der Waals surface area contributed by atoms with Crippen molar-refractivity contribution in [1.82, 2.24) is 0 Å². The number of hydrogen-bond acceptors (Lipinski definition) is 4. The molecule has 0 fully saturated rings. The van der Waals surface area contributed by atoms with Crippen LogP contribution >= 0.6 is 24.2 Å². The minimum absolute atomic E-state index is 0.151. The second-order valence-electron chi connectivity index (χ2n) is 2.48. The Morgan fingerprint density at radius 2 is 2.29 bits per heavy atom. The van der Waals surface area contributed by atoms with E-state index < -0.39 is 5.97 Å². The second-order valence-corrected chi connectivity index (χ2v) is 3.40. The zero-order valence-electron chi connectivity index (χ0n) is 7.49. The maximum Gasteiger partial charge on any atom is 0.343 e. The predicted octanol–water partition coefficient (Wildman–Crippen LogP) is 2.18. The number of thiol groups is 1. The third-order valence-electron chi connectivity index (χ3n) is 1.49. The average molecular weight is 233 g/mol. The van der Waals surface area contributed by atoms with E-state index in [2.05, 4.69) is 17.4 Å². The molecule has 0 saturated heterocycles. The molecule has 0 heterocycles. The third-order valence-corrected chi connectivity index (χ3v) is 2.06. The van der Waals surface area contributed by atoms with Gasteiger partial charge in [-0.1, -0.05) is 11.6 Å². The van der Waals surface area contributed by atoms with Gasteiger partial charge in [0.2, 0.25) is 0 Å². The molecule has 1 aromatic rings. The van der Waals surface area contributed by atoms with Crippen molar-refractivity contribution in [3.8, 4) is 5.75 Å². The molecule has 0 aliphatic rings. The van der Waals surface area contributed by atoms with E-state index in [0.717, 1.165) is 4.90 Å². The van der Waals surface area contributed by atoms with Crippen LogP contribution in [0.5, 0.6) is 5.75 Å². The first kappa shape index (κ1) is 11.2. The van der Waals surface area contributed by atoms with Gasteiger partial charge in [0.25, 0.3) is 0 Å². The first-order valence-electron chi connectivity index (χ1n) is 3.81. The minimum atomic E-state index is -0.448. The molecule has 0 amide bonds. The first-order valence-corrected chi connectivity index (χ1v) is 4.64. The van der Waals surface area contributed by atoms with Crippen LogP contribution in [-0.4, -0.2) is 19.7 Å². The lowest BCUT2D eigenvalue weighted by Gasteiger charge is -2.06. The molecule has 0 radical (unpaired) electrons. The van der Waals surface area contributed by atoms with Gasteiger partial charge in [0, 0.05) is 4.90 Å². The molecule has 1 aromatic carbocycles. The lowest BCUT2D eigenvalue weighted by atomic mass is 10.3. The Morgan fingerprint density at radius 3 is 2.86 bits per heavy atom. The molecule has 1 rings (SSSR count). The highest BCUT2D eigenvalue weighted by Crippen LogP contribution is 2.26. The summed E-state index contributed by atoms with van der Waals surface area (Å²) in [6.45, 7) is -0.151. The van der Waals surface area contributed by atoms with Gasteiger partial charge in [-0.05, 0) is 18.2 Å². The molecule has 0 aliphatic heterocycles. The Labute approximate surface area is 92.4 Å². The van der Waals surface area contributed by atoms with E-state index in [1.165, 1.54) is 7.11 Å². The van der Waals surface area contributed by atoms with E-state index >= 15 is 0 Å². The fourth-order valence-electron chi connectivity index (χ4n) is 0.802. The van der Waals surface area contributed by atoms with Crippen LogP contribution in [0.2, 0.25) is 5.02 Å². The van der Waals surface area contributed by atoms with Crippen molar-refractivity contribution in [2.45, 2.75) is 4.90 Å². The van der Waals surface area contributed by atoms with Crippen molar-refractivity contribution in [2.75, 3.05) is 13.7 Å². The Hall–Kier alpha value is -0.870. The Morgan fingerprint density at radius 1 is 1.57 bits per heavy atom. The molecule has 0 N–H and O–H groups in total. The summed E-state index contributed by atoms with van der Waals surface area (Å²) in [5.74, 6) is -0.00844. The van der Waals surface area contributed by atoms with Gasteiger partial charge in [0.05, 0.1) is 12.1 Å². The molecule has 0 saturated carbocycles. The van der Waals surface area contributed by atoms with Crippen molar-refractivity contribution in [1.29, 1.82) is 0 Å². The van der Waals surface area contributed by atoms with Crippen molar-refractivity contribution < 1.29 is 14.3 Å². The highest BCUT2D eigenvalue weighted by molar-refractivity contribution is 7.80. The Bertz CT molecular complexity index is 341. The number of methoxy groups -OCH3 is 1. The zero-order chi connectivity index (χ0) is 10.6. The number of carbonyl (C=O) groups is 1. The van der Waals surface area contributed by atoms with Crippen molar-refractivity contribution in [2.24, 2.45) is 0 Å². The molecule has 0 aromatic heterocycles. The molecular weight excluding hydrogens is 224 g/mol. The maximum atomic E-state index is 10.8. The summed E-state index contributed by atoms with van der Waals surface area (Å²) in [4.78, 5) is 11.5. The van der Waals surface area contributed by atoms with E-state index in [1.54, 1.807) is 18.2 Å². The Kier molecular flexibility index (Phi) is 4.10. The Balaban J connectivity index is 2.63. The van der Waals surface area contributed by atoms with Crippen LogP contribution in [-0.2, 0) is 9.53 Å². The molecule has 0 aliphatic carbocycles. The molecule has 0 spiro atoms. The number of carbonyl (C=O) groups excluding carboxylic acids is 1. The van der Waals surface area contributed by atoms with Crippen LogP contribution in [0.15, 0.2) is 23.1 Å². The molecule has 14 heavy (non-hydrogen) atoms. The maximum absolute atomic E-state index is 10.8. The van der Waals surface area contributed by atoms with E-state index in [4.69, 9.17) is 16.3 Å². The standard InChI is InChI=1S/C9H9ClO3S/c1-12-9(11)5-13-8-3-2-6(14)4-7(8)10/h2-4,14H,5H2,1H3. The van der Waals surface area contributed by atoms with Crippen LogP contribution in [0.1, 0.15) is 0 Å². The SMILES string of the molecule is COC(=O)COc1ccc(S)cc1Cl. The molecule has 3 nitrogen and oxygen atoms in total. The van der Waals surface area contributed by atoms with E-state index in [0.29, 0.717) is 10.8 Å². The van der Waals surface area contributed by atoms with Crippen molar-refractivity contribution in [3.05, 3.63) is 23.2 Å². The topological polar surface area (TPSA) is 35.5 Å². The van der Waals surface area contributed by atoms with E-state index in [9.17, 15) is 4.79 Å². The van der Waals surface area contributed by atoms with Gasteiger partial charge in [0.15, 0.2) is 6.61 Å². The van der Waals surface area contributed by atoms with Crippen LogP contribution in [0, 0.1) is 0 Å². The van der Waals surface area contributed by atoms with Crippen molar-refractivity contribution in [3.63, 3.8) is 0 Å². The summed E-state index contributed by atoms with van der Waals surface area (Å²) < 4.78 is 9.52. The van der Waals surface area contributed by atoms with Gasteiger partial charge >= 0.3 is 5.97 Å². The first-order chi connectivity index (χ1) is 6.63. The van der Waals surface area contributed by atoms with Gasteiger partial charge < -0.3 is 9.47 Å². The lowest BCUT2D eigenvalue weighted by molar-refractivity contribution is -0.142. The summed E-state index contributed by atoms with van der Waals surface area (Å²) in [5.41, 5.74) is 0. The van der Waals surface area contributed by atoms with E-state index in [1.807, 2.05) is 0 Å².